The van der Waals surface area contributed by atoms with Crippen LogP contribution in [0.25, 0.3) is 0 Å². The first-order valence-electron chi connectivity index (χ1n) is 5.84. The van der Waals surface area contributed by atoms with Crippen molar-refractivity contribution in [3.8, 4) is 0 Å². The smallest absolute Gasteiger partial charge is 0.413 e. The normalized spacial score (nSPS) is 24.6. The summed E-state index contributed by atoms with van der Waals surface area (Å²) in [7, 11) is 0. The van der Waals surface area contributed by atoms with Crippen molar-refractivity contribution in [1.29, 1.82) is 0 Å². The molecule has 98 valence electrons. The summed E-state index contributed by atoms with van der Waals surface area (Å²) in [5.74, 6) is -0.386. The van der Waals surface area contributed by atoms with Crippen molar-refractivity contribution in [2.24, 2.45) is 0 Å². The molecule has 1 fully saturated rings. The van der Waals surface area contributed by atoms with Gasteiger partial charge in [-0.15, -0.1) is 0 Å². The van der Waals surface area contributed by atoms with E-state index in [4.69, 9.17) is 9.47 Å². The van der Waals surface area contributed by atoms with E-state index in [1.165, 1.54) is 11.8 Å². The first kappa shape index (κ1) is 13.8. The van der Waals surface area contributed by atoms with Crippen LogP contribution in [0.2, 0.25) is 0 Å². The molecule has 1 heterocycles. The molecule has 0 N–H and O–H groups in total. The van der Waals surface area contributed by atoms with Gasteiger partial charge in [0.15, 0.2) is 5.72 Å². The lowest BCUT2D eigenvalue weighted by atomic mass is 10.2. The van der Waals surface area contributed by atoms with Crippen LogP contribution in [0, 0.1) is 0 Å². The molecule has 0 unspecified atom stereocenters. The molecule has 0 radical (unpaired) electrons. The van der Waals surface area contributed by atoms with Crippen molar-refractivity contribution in [2.75, 3.05) is 6.54 Å². The van der Waals surface area contributed by atoms with E-state index in [0.29, 0.717) is 13.0 Å². The lowest BCUT2D eigenvalue weighted by molar-refractivity contribution is -0.169. The van der Waals surface area contributed by atoms with Gasteiger partial charge < -0.3 is 9.47 Å². The highest BCUT2D eigenvalue weighted by Gasteiger charge is 2.44. The number of esters is 1. The molecule has 5 nitrogen and oxygen atoms in total. The van der Waals surface area contributed by atoms with Gasteiger partial charge in [0.2, 0.25) is 0 Å². The molecule has 0 spiro atoms. The number of amides is 1. The maximum atomic E-state index is 12.0. The van der Waals surface area contributed by atoms with E-state index in [1.54, 1.807) is 6.92 Å². The van der Waals surface area contributed by atoms with Gasteiger partial charge in [-0.2, -0.15) is 0 Å². The molecule has 0 saturated carbocycles. The molecule has 1 saturated heterocycles. The molecule has 1 atom stereocenters. The topological polar surface area (TPSA) is 55.8 Å². The lowest BCUT2D eigenvalue weighted by Gasteiger charge is -2.35. The Balaban J connectivity index is 2.75. The summed E-state index contributed by atoms with van der Waals surface area (Å²) in [6.45, 7) is 9.07. The molecule has 1 aliphatic rings. The maximum Gasteiger partial charge on any atom is 0.413 e. The largest absolute Gasteiger partial charge is 0.444 e. The van der Waals surface area contributed by atoms with Crippen LogP contribution >= 0.6 is 0 Å². The number of carbonyl (C=O) groups is 2. The fourth-order valence-corrected chi connectivity index (χ4v) is 1.95. The Bertz CT molecular complexity index is 321. The maximum absolute atomic E-state index is 12.0. The fourth-order valence-electron chi connectivity index (χ4n) is 1.95. The molecule has 1 aliphatic heterocycles. The number of rotatable bonds is 1. The Morgan fingerprint density at radius 2 is 1.88 bits per heavy atom. The highest BCUT2D eigenvalue weighted by molar-refractivity contribution is 5.71. The first-order chi connectivity index (χ1) is 7.64. The summed E-state index contributed by atoms with van der Waals surface area (Å²) in [6.07, 6.45) is 1.02. The third-order valence-corrected chi connectivity index (χ3v) is 2.57. The number of carbonyl (C=O) groups excluding carboxylic acids is 2. The zero-order chi connectivity index (χ0) is 13.3. The second kappa shape index (κ2) is 4.55. The Kier molecular flexibility index (Phi) is 3.69. The number of nitrogens with zero attached hydrogens (tertiary/aromatic N) is 1. The van der Waals surface area contributed by atoms with Gasteiger partial charge in [-0.1, -0.05) is 0 Å². The molecule has 1 rings (SSSR count). The Morgan fingerprint density at radius 3 is 2.35 bits per heavy atom. The average molecular weight is 243 g/mol. The van der Waals surface area contributed by atoms with Gasteiger partial charge in [-0.05, 0) is 34.1 Å². The molecule has 0 aliphatic carbocycles. The van der Waals surface area contributed by atoms with Gasteiger partial charge in [0.25, 0.3) is 0 Å². The molecule has 17 heavy (non-hydrogen) atoms. The van der Waals surface area contributed by atoms with Crippen molar-refractivity contribution >= 4 is 12.1 Å². The average Bonchev–Trinajstić information content (AvgIpc) is 2.41. The fraction of sp³-hybridized carbons (Fsp3) is 0.833. The Hall–Kier alpha value is -1.26. The van der Waals surface area contributed by atoms with Crippen LogP contribution in [0.3, 0.4) is 0 Å². The second-order valence-corrected chi connectivity index (χ2v) is 5.50. The molecule has 0 aromatic rings. The summed E-state index contributed by atoms with van der Waals surface area (Å²) in [4.78, 5) is 24.5. The summed E-state index contributed by atoms with van der Waals surface area (Å²) in [5, 5.41) is 0. The van der Waals surface area contributed by atoms with Gasteiger partial charge in [-0.3, -0.25) is 9.69 Å². The summed E-state index contributed by atoms with van der Waals surface area (Å²) >= 11 is 0. The quantitative estimate of drug-likeness (QED) is 0.663. The van der Waals surface area contributed by atoms with E-state index in [0.717, 1.165) is 6.42 Å². The van der Waals surface area contributed by atoms with Crippen LogP contribution in [0.4, 0.5) is 4.79 Å². The van der Waals surface area contributed by atoms with E-state index >= 15 is 0 Å². The SMILES string of the molecule is CC(=O)O[C@]1(C)CCCN1C(=O)OC(C)(C)C. The third-order valence-electron chi connectivity index (χ3n) is 2.57. The van der Waals surface area contributed by atoms with Crippen LogP contribution in [-0.4, -0.2) is 34.8 Å². The van der Waals surface area contributed by atoms with Crippen LogP contribution < -0.4 is 0 Å². The van der Waals surface area contributed by atoms with E-state index in [1.807, 2.05) is 20.8 Å². The zero-order valence-electron chi connectivity index (χ0n) is 11.2. The highest BCUT2D eigenvalue weighted by atomic mass is 16.6. The summed E-state index contributed by atoms with van der Waals surface area (Å²) < 4.78 is 10.5. The monoisotopic (exact) mass is 243 g/mol. The van der Waals surface area contributed by atoms with Crippen LogP contribution in [0.15, 0.2) is 0 Å². The second-order valence-electron chi connectivity index (χ2n) is 5.50. The molecule has 0 aromatic heterocycles. The van der Waals surface area contributed by atoms with Gasteiger partial charge >= 0.3 is 12.1 Å². The predicted octanol–water partition coefficient (Wildman–Crippen LogP) is 2.30. The number of ether oxygens (including phenoxy) is 2. The van der Waals surface area contributed by atoms with Crippen molar-refractivity contribution in [2.45, 2.75) is 58.8 Å². The van der Waals surface area contributed by atoms with Crippen molar-refractivity contribution < 1.29 is 19.1 Å². The van der Waals surface area contributed by atoms with Gasteiger partial charge in [0, 0.05) is 19.9 Å². The third kappa shape index (κ3) is 3.61. The van der Waals surface area contributed by atoms with E-state index in [-0.39, 0.29) is 5.97 Å². The first-order valence-corrected chi connectivity index (χ1v) is 5.84. The minimum Gasteiger partial charge on any atom is -0.444 e. The molecular weight excluding hydrogens is 222 g/mol. The lowest BCUT2D eigenvalue weighted by Crippen LogP contribution is -2.49. The predicted molar refractivity (Wildman–Crippen MR) is 62.3 cm³/mol. The highest BCUT2D eigenvalue weighted by Crippen LogP contribution is 2.31. The van der Waals surface area contributed by atoms with E-state index in [2.05, 4.69) is 0 Å². The van der Waals surface area contributed by atoms with Gasteiger partial charge in [0.05, 0.1) is 0 Å². The summed E-state index contributed by atoms with van der Waals surface area (Å²) in [6, 6.07) is 0. The minimum absolute atomic E-state index is 0.386. The molecule has 0 bridgehead atoms. The summed E-state index contributed by atoms with van der Waals surface area (Å²) in [5.41, 5.74) is -1.41. The zero-order valence-corrected chi connectivity index (χ0v) is 11.2. The van der Waals surface area contributed by atoms with Crippen LogP contribution in [0.1, 0.15) is 47.5 Å². The van der Waals surface area contributed by atoms with Crippen molar-refractivity contribution in [3.05, 3.63) is 0 Å². The van der Waals surface area contributed by atoms with Gasteiger partial charge in [0.1, 0.15) is 5.60 Å². The van der Waals surface area contributed by atoms with Crippen LogP contribution in [-0.2, 0) is 14.3 Å². The van der Waals surface area contributed by atoms with Gasteiger partial charge in [-0.25, -0.2) is 4.79 Å². The molecule has 5 heteroatoms. The molecule has 1 amide bonds. The number of likely N-dealkylation sites (tertiary alicyclic amines) is 1. The number of hydrogen-bond donors (Lipinski definition) is 0. The van der Waals surface area contributed by atoms with Crippen molar-refractivity contribution in [3.63, 3.8) is 0 Å². The van der Waals surface area contributed by atoms with Crippen molar-refractivity contribution in [1.82, 2.24) is 4.90 Å². The van der Waals surface area contributed by atoms with E-state index in [9.17, 15) is 9.59 Å². The number of hydrogen-bond acceptors (Lipinski definition) is 4. The minimum atomic E-state index is -0.867. The molecule has 0 aromatic carbocycles. The molecular formula is C12H21NO4. The Morgan fingerprint density at radius 1 is 1.29 bits per heavy atom. The van der Waals surface area contributed by atoms with E-state index < -0.39 is 17.4 Å². The standard InChI is InChI=1S/C12H21NO4/c1-9(14)16-12(5)7-6-8-13(12)10(15)17-11(2,3)4/h6-8H2,1-5H3/t12-/m1/s1. The van der Waals surface area contributed by atoms with Crippen LogP contribution in [0.5, 0.6) is 0 Å². The Labute approximate surface area is 102 Å².